The summed E-state index contributed by atoms with van der Waals surface area (Å²) in [4.78, 5) is 18.1. The van der Waals surface area contributed by atoms with Crippen LogP contribution >= 0.6 is 0 Å². The van der Waals surface area contributed by atoms with Crippen molar-refractivity contribution in [3.05, 3.63) is 11.7 Å². The van der Waals surface area contributed by atoms with Gasteiger partial charge in [-0.05, 0) is 27.2 Å². The lowest BCUT2D eigenvalue weighted by atomic mass is 10.2. The molecule has 0 saturated carbocycles. The van der Waals surface area contributed by atoms with Gasteiger partial charge in [0.2, 0.25) is 5.89 Å². The van der Waals surface area contributed by atoms with E-state index in [-0.39, 0.29) is 24.2 Å². The molecule has 22 heavy (non-hydrogen) atoms. The standard InChI is InChI=1S/C14H25N5O3/c1-9(2)16-14(20)15-5-6-19-8-11(21-4)7-12(19)13-17-10(3)18-22-13/h9,11-12H,5-8H2,1-4H3,(H2,15,16,20)/t11-,12+/m0/s1. The molecule has 2 N–H and O–H groups in total. The van der Waals surface area contributed by atoms with Gasteiger partial charge in [-0.2, -0.15) is 4.98 Å². The minimum absolute atomic E-state index is 0.0427. The number of carbonyl (C=O) groups is 1. The average molecular weight is 311 g/mol. The molecular formula is C14H25N5O3. The number of likely N-dealkylation sites (tertiary alicyclic amines) is 1. The van der Waals surface area contributed by atoms with E-state index in [1.807, 2.05) is 13.8 Å². The number of nitrogens with zero attached hydrogens (tertiary/aromatic N) is 3. The number of nitrogens with one attached hydrogen (secondary N) is 2. The first-order valence-corrected chi connectivity index (χ1v) is 7.61. The molecule has 1 aliphatic rings. The number of amides is 2. The summed E-state index contributed by atoms with van der Waals surface area (Å²) < 4.78 is 10.7. The molecule has 1 aromatic rings. The second kappa shape index (κ2) is 7.55. The number of ether oxygens (including phenoxy) is 1. The van der Waals surface area contributed by atoms with Crippen molar-refractivity contribution in [3.63, 3.8) is 0 Å². The zero-order chi connectivity index (χ0) is 16.1. The lowest BCUT2D eigenvalue weighted by molar-refractivity contribution is 0.108. The van der Waals surface area contributed by atoms with Crippen LogP contribution in [0.2, 0.25) is 0 Å². The number of aryl methyl sites for hydroxylation is 1. The van der Waals surface area contributed by atoms with E-state index in [4.69, 9.17) is 9.26 Å². The van der Waals surface area contributed by atoms with Gasteiger partial charge in [0.1, 0.15) is 0 Å². The predicted molar refractivity (Wildman–Crippen MR) is 80.4 cm³/mol. The van der Waals surface area contributed by atoms with E-state index in [2.05, 4.69) is 25.7 Å². The van der Waals surface area contributed by atoms with Crippen molar-refractivity contribution in [1.82, 2.24) is 25.7 Å². The van der Waals surface area contributed by atoms with E-state index >= 15 is 0 Å². The molecule has 0 unspecified atom stereocenters. The first-order chi connectivity index (χ1) is 10.5. The number of methoxy groups -OCH3 is 1. The van der Waals surface area contributed by atoms with Crippen molar-refractivity contribution in [2.75, 3.05) is 26.7 Å². The zero-order valence-corrected chi connectivity index (χ0v) is 13.6. The fraction of sp³-hybridized carbons (Fsp3) is 0.786. The van der Waals surface area contributed by atoms with Gasteiger partial charge in [-0.15, -0.1) is 0 Å². The van der Waals surface area contributed by atoms with Crippen LogP contribution in [0.15, 0.2) is 4.52 Å². The third kappa shape index (κ3) is 4.41. The Balaban J connectivity index is 1.88. The molecular weight excluding hydrogens is 286 g/mol. The molecule has 2 atom stereocenters. The van der Waals surface area contributed by atoms with E-state index in [9.17, 15) is 4.79 Å². The van der Waals surface area contributed by atoms with Gasteiger partial charge in [-0.1, -0.05) is 5.16 Å². The molecule has 0 spiro atoms. The number of aromatic nitrogens is 2. The van der Waals surface area contributed by atoms with Crippen molar-refractivity contribution in [1.29, 1.82) is 0 Å². The third-order valence-electron chi connectivity index (χ3n) is 3.63. The van der Waals surface area contributed by atoms with E-state index in [0.29, 0.717) is 24.8 Å². The van der Waals surface area contributed by atoms with Gasteiger partial charge in [0.05, 0.1) is 12.1 Å². The molecule has 0 aliphatic carbocycles. The van der Waals surface area contributed by atoms with Crippen molar-refractivity contribution in [2.45, 2.75) is 45.4 Å². The highest BCUT2D eigenvalue weighted by atomic mass is 16.5. The molecule has 1 saturated heterocycles. The topological polar surface area (TPSA) is 92.5 Å². The maximum atomic E-state index is 11.6. The van der Waals surface area contributed by atoms with Crippen molar-refractivity contribution < 1.29 is 14.1 Å². The van der Waals surface area contributed by atoms with Gasteiger partial charge in [0, 0.05) is 32.8 Å². The van der Waals surface area contributed by atoms with Crippen LogP contribution < -0.4 is 10.6 Å². The lowest BCUT2D eigenvalue weighted by Gasteiger charge is -2.21. The number of rotatable bonds is 6. The SMILES string of the molecule is CO[C@H]1C[C@H](c2nc(C)no2)N(CCNC(=O)NC(C)C)C1. The Hall–Kier alpha value is -1.67. The number of hydrogen-bond donors (Lipinski definition) is 2. The van der Waals surface area contributed by atoms with Crippen LogP contribution in [0.4, 0.5) is 4.79 Å². The smallest absolute Gasteiger partial charge is 0.315 e. The molecule has 2 heterocycles. The van der Waals surface area contributed by atoms with E-state index < -0.39 is 0 Å². The number of carbonyl (C=O) groups excluding carboxylic acids is 1. The highest BCUT2D eigenvalue weighted by molar-refractivity contribution is 5.74. The molecule has 0 bridgehead atoms. The third-order valence-corrected chi connectivity index (χ3v) is 3.63. The van der Waals surface area contributed by atoms with Crippen LogP contribution in [-0.4, -0.2) is 60.0 Å². The van der Waals surface area contributed by atoms with Crippen LogP contribution in [0, 0.1) is 6.92 Å². The summed E-state index contributed by atoms with van der Waals surface area (Å²) in [6, 6.07) is 0.0163. The van der Waals surface area contributed by atoms with Crippen LogP contribution in [0.1, 0.15) is 38.0 Å². The predicted octanol–water partition coefficient (Wildman–Crippen LogP) is 0.847. The van der Waals surface area contributed by atoms with Gasteiger partial charge < -0.3 is 19.9 Å². The fourth-order valence-corrected chi connectivity index (χ4v) is 2.61. The van der Waals surface area contributed by atoms with Gasteiger partial charge in [-0.25, -0.2) is 4.79 Å². The Morgan fingerprint density at radius 3 is 2.91 bits per heavy atom. The minimum Gasteiger partial charge on any atom is -0.380 e. The summed E-state index contributed by atoms with van der Waals surface area (Å²) in [5.41, 5.74) is 0. The fourth-order valence-electron chi connectivity index (χ4n) is 2.61. The molecule has 1 aliphatic heterocycles. The normalized spacial score (nSPS) is 22.2. The summed E-state index contributed by atoms with van der Waals surface area (Å²) in [7, 11) is 1.71. The Labute approximate surface area is 130 Å². The molecule has 124 valence electrons. The van der Waals surface area contributed by atoms with Gasteiger partial charge >= 0.3 is 6.03 Å². The highest BCUT2D eigenvalue weighted by Crippen LogP contribution is 2.31. The zero-order valence-electron chi connectivity index (χ0n) is 13.6. The second-order valence-electron chi connectivity index (χ2n) is 5.84. The van der Waals surface area contributed by atoms with Crippen molar-refractivity contribution in [2.24, 2.45) is 0 Å². The summed E-state index contributed by atoms with van der Waals surface area (Å²) >= 11 is 0. The maximum Gasteiger partial charge on any atom is 0.315 e. The summed E-state index contributed by atoms with van der Waals surface area (Å²) in [6.45, 7) is 7.71. The summed E-state index contributed by atoms with van der Waals surface area (Å²) in [6.07, 6.45) is 0.956. The highest BCUT2D eigenvalue weighted by Gasteiger charge is 2.36. The molecule has 2 rings (SSSR count). The van der Waals surface area contributed by atoms with E-state index in [1.54, 1.807) is 14.0 Å². The molecule has 2 amide bonds. The Morgan fingerprint density at radius 1 is 1.55 bits per heavy atom. The molecule has 0 radical (unpaired) electrons. The molecule has 1 fully saturated rings. The maximum absolute atomic E-state index is 11.6. The second-order valence-corrected chi connectivity index (χ2v) is 5.84. The largest absolute Gasteiger partial charge is 0.380 e. The molecule has 0 aromatic carbocycles. The monoisotopic (exact) mass is 311 g/mol. The quantitative estimate of drug-likeness (QED) is 0.809. The van der Waals surface area contributed by atoms with Crippen molar-refractivity contribution in [3.8, 4) is 0 Å². The van der Waals surface area contributed by atoms with Gasteiger partial charge in [-0.3, -0.25) is 4.90 Å². The Kier molecular flexibility index (Phi) is 5.73. The lowest BCUT2D eigenvalue weighted by Crippen LogP contribution is -2.43. The Bertz CT molecular complexity index is 491. The van der Waals surface area contributed by atoms with Gasteiger partial charge in [0.15, 0.2) is 5.82 Å². The molecule has 8 nitrogen and oxygen atoms in total. The van der Waals surface area contributed by atoms with Crippen LogP contribution in [0.3, 0.4) is 0 Å². The van der Waals surface area contributed by atoms with Crippen molar-refractivity contribution >= 4 is 6.03 Å². The first kappa shape index (κ1) is 16.7. The average Bonchev–Trinajstić information content (AvgIpc) is 3.04. The molecule has 1 aromatic heterocycles. The molecule has 8 heteroatoms. The number of urea groups is 1. The minimum atomic E-state index is -0.150. The Morgan fingerprint density at radius 2 is 2.32 bits per heavy atom. The summed E-state index contributed by atoms with van der Waals surface area (Å²) in [5, 5.41) is 9.51. The van der Waals surface area contributed by atoms with Crippen LogP contribution in [0.5, 0.6) is 0 Å². The van der Waals surface area contributed by atoms with E-state index in [1.165, 1.54) is 0 Å². The number of hydrogen-bond acceptors (Lipinski definition) is 6. The first-order valence-electron chi connectivity index (χ1n) is 7.61. The van der Waals surface area contributed by atoms with E-state index in [0.717, 1.165) is 13.0 Å². The van der Waals surface area contributed by atoms with Crippen LogP contribution in [0.25, 0.3) is 0 Å². The van der Waals surface area contributed by atoms with Crippen LogP contribution in [-0.2, 0) is 4.74 Å². The summed E-state index contributed by atoms with van der Waals surface area (Å²) in [5.74, 6) is 1.24. The van der Waals surface area contributed by atoms with Gasteiger partial charge in [0.25, 0.3) is 0 Å².